The molecule has 2 N–H and O–H groups in total. The molecule has 1 amide bonds. The Bertz CT molecular complexity index is 1570. The number of pyridine rings is 1. The number of aromatic nitrogens is 4. The molecule has 5 aromatic rings. The van der Waals surface area contributed by atoms with Gasteiger partial charge in [0, 0.05) is 49.2 Å². The number of benzene rings is 2. The standard InChI is InChI=1S/C28H24FIN6O/c29-28(30)17-35(18-28)14-20-7-4-8-21(9-20)22-10-24-25(13-32-26(24)31-11-22)34-27(37)23-12-33-36(16-23)15-19-5-2-1-3-6-19/h1-13,16H,14-15,17-18H2,(H,31,32)(H,34,37). The van der Waals surface area contributed by atoms with Crippen molar-refractivity contribution in [3.63, 3.8) is 0 Å². The van der Waals surface area contributed by atoms with Crippen LogP contribution in [0, 0.1) is 0 Å². The molecule has 1 fully saturated rings. The van der Waals surface area contributed by atoms with E-state index in [0.717, 1.165) is 27.6 Å². The lowest BCUT2D eigenvalue weighted by Crippen LogP contribution is -2.54. The van der Waals surface area contributed by atoms with Gasteiger partial charge in [0.15, 0.2) is 3.68 Å². The van der Waals surface area contributed by atoms with E-state index in [9.17, 15) is 9.18 Å². The third-order valence-corrected chi connectivity index (χ3v) is 7.12. The molecule has 0 aliphatic carbocycles. The summed E-state index contributed by atoms with van der Waals surface area (Å²) in [5.41, 5.74) is 6.03. The zero-order valence-corrected chi connectivity index (χ0v) is 22.0. The van der Waals surface area contributed by atoms with E-state index in [4.69, 9.17) is 0 Å². The highest BCUT2D eigenvalue weighted by molar-refractivity contribution is 14.1. The Labute approximate surface area is 226 Å². The highest BCUT2D eigenvalue weighted by Crippen LogP contribution is 2.34. The van der Waals surface area contributed by atoms with Gasteiger partial charge in [-0.15, -0.1) is 0 Å². The molecule has 186 valence electrons. The quantitative estimate of drug-likeness (QED) is 0.186. The Balaban J connectivity index is 1.19. The van der Waals surface area contributed by atoms with Crippen LogP contribution in [0.2, 0.25) is 0 Å². The minimum absolute atomic E-state index is 0.235. The van der Waals surface area contributed by atoms with Crippen molar-refractivity contribution in [1.82, 2.24) is 24.6 Å². The van der Waals surface area contributed by atoms with Crippen LogP contribution in [0.4, 0.5) is 10.1 Å². The smallest absolute Gasteiger partial charge is 0.258 e. The van der Waals surface area contributed by atoms with Gasteiger partial charge in [0.2, 0.25) is 0 Å². The van der Waals surface area contributed by atoms with Crippen LogP contribution in [-0.4, -0.2) is 47.3 Å². The van der Waals surface area contributed by atoms with E-state index in [2.05, 4.69) is 37.4 Å². The van der Waals surface area contributed by atoms with Gasteiger partial charge in [-0.2, -0.15) is 5.10 Å². The lowest BCUT2D eigenvalue weighted by atomic mass is 10.0. The summed E-state index contributed by atoms with van der Waals surface area (Å²) in [6.45, 7) is 2.20. The van der Waals surface area contributed by atoms with Gasteiger partial charge < -0.3 is 10.3 Å². The van der Waals surface area contributed by atoms with Gasteiger partial charge in [-0.05, 0) is 51.4 Å². The number of amides is 1. The average molecular weight is 606 g/mol. The largest absolute Gasteiger partial charge is 0.344 e. The molecule has 0 atom stereocenters. The predicted molar refractivity (Wildman–Crippen MR) is 150 cm³/mol. The fourth-order valence-corrected chi connectivity index (χ4v) is 5.59. The zero-order chi connectivity index (χ0) is 25.4. The van der Waals surface area contributed by atoms with Crippen LogP contribution >= 0.6 is 22.6 Å². The van der Waals surface area contributed by atoms with Gasteiger partial charge in [0.1, 0.15) is 5.65 Å². The third kappa shape index (κ3) is 5.28. The van der Waals surface area contributed by atoms with E-state index in [1.807, 2.05) is 77.3 Å². The lowest BCUT2D eigenvalue weighted by Gasteiger charge is -2.40. The summed E-state index contributed by atoms with van der Waals surface area (Å²) in [7, 11) is 0. The lowest BCUT2D eigenvalue weighted by molar-refractivity contribution is 0.0460. The molecule has 1 aliphatic heterocycles. The Morgan fingerprint density at radius 2 is 1.84 bits per heavy atom. The minimum Gasteiger partial charge on any atom is -0.344 e. The van der Waals surface area contributed by atoms with Gasteiger partial charge in [-0.1, -0.05) is 48.5 Å². The molecule has 37 heavy (non-hydrogen) atoms. The van der Waals surface area contributed by atoms with Crippen LogP contribution in [0.25, 0.3) is 22.2 Å². The van der Waals surface area contributed by atoms with Crippen LogP contribution in [0.1, 0.15) is 21.5 Å². The zero-order valence-electron chi connectivity index (χ0n) is 19.9. The molecule has 1 saturated heterocycles. The van der Waals surface area contributed by atoms with Crippen molar-refractivity contribution >= 4 is 45.2 Å². The minimum atomic E-state index is -1.11. The number of nitrogens with one attached hydrogen (secondary N) is 2. The summed E-state index contributed by atoms with van der Waals surface area (Å²) in [4.78, 5) is 22.8. The number of nitrogens with zero attached hydrogens (tertiary/aromatic N) is 4. The molecular weight excluding hydrogens is 582 g/mol. The number of hydrogen-bond donors (Lipinski definition) is 2. The highest BCUT2D eigenvalue weighted by atomic mass is 127. The maximum atomic E-state index is 13.8. The molecule has 7 nitrogen and oxygen atoms in total. The summed E-state index contributed by atoms with van der Waals surface area (Å²) in [6.07, 6.45) is 6.89. The normalized spacial score (nSPS) is 15.0. The Morgan fingerprint density at radius 1 is 1.03 bits per heavy atom. The first-order chi connectivity index (χ1) is 17.9. The number of halogens is 2. The Morgan fingerprint density at radius 3 is 2.65 bits per heavy atom. The van der Waals surface area contributed by atoms with E-state index in [-0.39, 0.29) is 5.91 Å². The second-order valence-corrected chi connectivity index (χ2v) is 11.3. The number of carbonyl (C=O) groups is 1. The number of fused-ring (bicyclic) bond motifs is 1. The molecule has 4 heterocycles. The van der Waals surface area contributed by atoms with Crippen molar-refractivity contribution in [3.8, 4) is 11.1 Å². The summed E-state index contributed by atoms with van der Waals surface area (Å²) < 4.78 is 14.5. The molecular formula is C28H24FIN6O. The van der Waals surface area contributed by atoms with Crippen LogP contribution in [0.3, 0.4) is 0 Å². The summed E-state index contributed by atoms with van der Waals surface area (Å²) >= 11 is 1.87. The van der Waals surface area contributed by atoms with Gasteiger partial charge in [0.05, 0.1) is 24.0 Å². The van der Waals surface area contributed by atoms with Crippen molar-refractivity contribution in [2.75, 3.05) is 18.4 Å². The SMILES string of the molecule is O=C(Nc1c[nH]c2ncc(-c3cccc(CN4CC(F)(I)C4)c3)cc12)c1cnn(Cc2ccccc2)c1. The number of aromatic amines is 1. The molecule has 9 heteroatoms. The second kappa shape index (κ2) is 9.71. The van der Waals surface area contributed by atoms with Crippen molar-refractivity contribution in [3.05, 3.63) is 102 Å². The number of anilines is 1. The maximum Gasteiger partial charge on any atom is 0.258 e. The van der Waals surface area contributed by atoms with Crippen molar-refractivity contribution in [2.45, 2.75) is 16.8 Å². The first-order valence-electron chi connectivity index (χ1n) is 12.0. The number of hydrogen-bond acceptors (Lipinski definition) is 4. The molecule has 2 aromatic carbocycles. The Hall–Kier alpha value is -3.57. The molecule has 0 unspecified atom stereocenters. The highest BCUT2D eigenvalue weighted by Gasteiger charge is 2.40. The van der Waals surface area contributed by atoms with Gasteiger partial charge in [-0.3, -0.25) is 14.4 Å². The fraction of sp³-hybridized carbons (Fsp3) is 0.179. The Kier molecular flexibility index (Phi) is 6.25. The summed E-state index contributed by atoms with van der Waals surface area (Å²) in [6, 6.07) is 20.2. The fourth-order valence-electron chi connectivity index (χ4n) is 4.62. The molecule has 6 rings (SSSR count). The van der Waals surface area contributed by atoms with Crippen molar-refractivity contribution in [1.29, 1.82) is 0 Å². The van der Waals surface area contributed by atoms with Gasteiger partial charge in [-0.25, -0.2) is 9.37 Å². The molecule has 0 radical (unpaired) electrons. The first kappa shape index (κ1) is 23.8. The average Bonchev–Trinajstić information content (AvgIpc) is 3.51. The van der Waals surface area contributed by atoms with Crippen LogP contribution in [0.15, 0.2) is 85.5 Å². The molecule has 0 spiro atoms. The molecule has 0 saturated carbocycles. The van der Waals surface area contributed by atoms with E-state index < -0.39 is 3.68 Å². The third-order valence-electron chi connectivity index (χ3n) is 6.44. The molecule has 3 aromatic heterocycles. The number of carbonyl (C=O) groups excluding carboxylic acids is 1. The first-order valence-corrected chi connectivity index (χ1v) is 13.0. The van der Waals surface area contributed by atoms with Crippen LogP contribution in [-0.2, 0) is 13.1 Å². The second-order valence-electron chi connectivity index (χ2n) is 9.39. The van der Waals surface area contributed by atoms with E-state index in [1.54, 1.807) is 23.3 Å². The predicted octanol–water partition coefficient (Wildman–Crippen LogP) is 5.64. The monoisotopic (exact) mass is 606 g/mol. The van der Waals surface area contributed by atoms with Crippen molar-refractivity contribution in [2.24, 2.45) is 0 Å². The van der Waals surface area contributed by atoms with Crippen LogP contribution in [0.5, 0.6) is 0 Å². The number of H-pyrrole nitrogens is 1. The van der Waals surface area contributed by atoms with Gasteiger partial charge >= 0.3 is 0 Å². The molecule has 0 bridgehead atoms. The number of rotatable bonds is 7. The molecule has 1 aliphatic rings. The van der Waals surface area contributed by atoms with Gasteiger partial charge in [0.25, 0.3) is 5.91 Å². The van der Waals surface area contributed by atoms with E-state index in [1.165, 1.54) is 0 Å². The van der Waals surface area contributed by atoms with E-state index in [0.29, 0.717) is 43.1 Å². The number of alkyl halides is 2. The van der Waals surface area contributed by atoms with Crippen molar-refractivity contribution < 1.29 is 9.18 Å². The maximum absolute atomic E-state index is 13.8. The van der Waals surface area contributed by atoms with Crippen LogP contribution < -0.4 is 5.32 Å². The number of likely N-dealkylation sites (tertiary alicyclic amines) is 1. The van der Waals surface area contributed by atoms with E-state index >= 15 is 0 Å². The summed E-state index contributed by atoms with van der Waals surface area (Å²) in [5.74, 6) is -0.235. The summed E-state index contributed by atoms with van der Waals surface area (Å²) in [5, 5.41) is 8.15. The topological polar surface area (TPSA) is 78.8 Å².